The Morgan fingerprint density at radius 3 is 1.62 bits per heavy atom. The number of rotatable bonds is 5. The van der Waals surface area contributed by atoms with Crippen LogP contribution < -0.4 is 0 Å². The molecule has 53 heavy (non-hydrogen) atoms. The van der Waals surface area contributed by atoms with Crippen LogP contribution in [0.5, 0.6) is 0 Å². The van der Waals surface area contributed by atoms with E-state index in [0.29, 0.717) is 0 Å². The molecule has 0 saturated heterocycles. The Labute approximate surface area is 305 Å². The second-order valence-electron chi connectivity index (χ2n) is 13.7. The molecule has 0 N–H and O–H groups in total. The molecule has 7 aromatic carbocycles. The van der Waals surface area contributed by atoms with E-state index in [9.17, 15) is 0 Å². The zero-order chi connectivity index (χ0) is 35.2. The third-order valence-corrected chi connectivity index (χ3v) is 10.9. The minimum absolute atomic E-state index is 0.890. The Morgan fingerprint density at radius 1 is 0.453 bits per heavy atom. The van der Waals surface area contributed by atoms with E-state index in [1.807, 2.05) is 18.2 Å². The largest absolute Gasteiger partial charge is 0.456 e. The third-order valence-electron chi connectivity index (χ3n) is 10.9. The van der Waals surface area contributed by atoms with Gasteiger partial charge in [-0.25, -0.2) is 0 Å². The van der Waals surface area contributed by atoms with Crippen LogP contribution >= 0.6 is 0 Å². The molecule has 4 heterocycles. The number of benzene rings is 7. The van der Waals surface area contributed by atoms with Crippen molar-refractivity contribution in [1.29, 1.82) is 0 Å². The van der Waals surface area contributed by atoms with Crippen LogP contribution in [-0.4, -0.2) is 13.7 Å². The average molecular weight is 680 g/mol. The van der Waals surface area contributed by atoms with Gasteiger partial charge in [-0.15, -0.1) is 0 Å². The van der Waals surface area contributed by atoms with Crippen LogP contribution in [0.25, 0.3) is 106 Å². The van der Waals surface area contributed by atoms with Gasteiger partial charge in [0.2, 0.25) is 0 Å². The first kappa shape index (κ1) is 29.7. The summed E-state index contributed by atoms with van der Waals surface area (Å²) in [5.41, 5.74) is 13.2. The van der Waals surface area contributed by atoms with E-state index in [-0.39, 0.29) is 0 Å². The first-order valence-electron chi connectivity index (χ1n) is 18.1. The van der Waals surface area contributed by atoms with Gasteiger partial charge in [0.05, 0.1) is 33.3 Å². The normalized spacial score (nSPS) is 12.2. The van der Waals surface area contributed by atoms with Gasteiger partial charge in [0, 0.05) is 60.3 Å². The predicted molar refractivity (Wildman–Crippen MR) is 224 cm³/mol. The fraction of sp³-hybridized carbons (Fsp3) is 0.0204. The lowest BCUT2D eigenvalue weighted by molar-refractivity contribution is 0.669. The number of nitrogens with zero attached hydrogens (tertiary/aromatic N) is 3. The summed E-state index contributed by atoms with van der Waals surface area (Å²) in [4.78, 5) is 0. The molecule has 0 atom stereocenters. The molecule has 0 spiro atoms. The molecule has 11 aromatic rings. The number of hydrogen-bond donors (Lipinski definition) is 0. The highest BCUT2D eigenvalue weighted by Gasteiger charge is 2.22. The SMILES string of the molecule is C=Cc1c(/C=C\C)n(-c2cccc(-n3c4ccccc4c4ccc5c6ccccc6n(-c6ccc7oc8ccccc8c7c6)c5c43)c2)c2ccccc12. The van der Waals surface area contributed by atoms with Crippen molar-refractivity contribution in [2.24, 2.45) is 0 Å². The fourth-order valence-corrected chi connectivity index (χ4v) is 8.76. The van der Waals surface area contributed by atoms with Crippen LogP contribution in [0.2, 0.25) is 0 Å². The molecule has 11 rings (SSSR count). The maximum Gasteiger partial charge on any atom is 0.135 e. The van der Waals surface area contributed by atoms with E-state index >= 15 is 0 Å². The lowest BCUT2D eigenvalue weighted by atomic mass is 10.1. The van der Waals surface area contributed by atoms with E-state index in [0.717, 1.165) is 61.3 Å². The topological polar surface area (TPSA) is 27.9 Å². The van der Waals surface area contributed by atoms with Gasteiger partial charge in [-0.2, -0.15) is 0 Å². The van der Waals surface area contributed by atoms with Crippen LogP contribution in [0.3, 0.4) is 0 Å². The highest BCUT2D eigenvalue weighted by atomic mass is 16.3. The predicted octanol–water partition coefficient (Wildman–Crippen LogP) is 13.4. The Hall–Kier alpha value is -7.04. The van der Waals surface area contributed by atoms with Crippen molar-refractivity contribution in [3.05, 3.63) is 176 Å². The van der Waals surface area contributed by atoms with Gasteiger partial charge in [-0.1, -0.05) is 110 Å². The Bertz CT molecular complexity index is 3320. The molecular weight excluding hydrogens is 647 g/mol. The third kappa shape index (κ3) is 4.12. The standard InChI is InChI=1S/C49H33N3O/c1-3-14-42-34(4-2)35-17-5-9-21-43(35)50(42)31-15-13-16-32(29-31)51-44-22-10-6-18-36(44)39-26-27-40-37-19-7-11-23-45(37)52(49(40)48(39)51)33-25-28-47-41(30-33)38-20-8-12-24-46(38)53-47/h3-30H,2H2,1H3/b14-3-. The van der Waals surface area contributed by atoms with Gasteiger partial charge in [0.25, 0.3) is 0 Å². The molecular formula is C49H33N3O. The van der Waals surface area contributed by atoms with Crippen LogP contribution in [0, 0.1) is 0 Å². The fourth-order valence-electron chi connectivity index (χ4n) is 8.76. The summed E-state index contributed by atoms with van der Waals surface area (Å²) in [6.07, 6.45) is 6.27. The van der Waals surface area contributed by atoms with Gasteiger partial charge >= 0.3 is 0 Å². The van der Waals surface area contributed by atoms with E-state index in [2.05, 4.69) is 179 Å². The van der Waals surface area contributed by atoms with Crippen LogP contribution in [0.4, 0.5) is 0 Å². The molecule has 0 aliphatic carbocycles. The summed E-state index contributed by atoms with van der Waals surface area (Å²) in [7, 11) is 0. The molecule has 0 aliphatic rings. The minimum Gasteiger partial charge on any atom is -0.456 e. The van der Waals surface area contributed by atoms with Crippen molar-refractivity contribution in [1.82, 2.24) is 13.7 Å². The first-order valence-corrected chi connectivity index (χ1v) is 18.1. The molecule has 4 heteroatoms. The quantitative estimate of drug-likeness (QED) is 0.178. The van der Waals surface area contributed by atoms with E-state index in [1.165, 1.54) is 43.5 Å². The van der Waals surface area contributed by atoms with Gasteiger partial charge in [-0.05, 0) is 73.7 Å². The molecule has 0 saturated carbocycles. The van der Waals surface area contributed by atoms with Crippen LogP contribution in [0.15, 0.2) is 169 Å². The molecule has 4 nitrogen and oxygen atoms in total. The second-order valence-corrected chi connectivity index (χ2v) is 13.7. The second kappa shape index (κ2) is 11.2. The Morgan fingerprint density at radius 2 is 0.981 bits per heavy atom. The molecule has 0 fully saturated rings. The maximum absolute atomic E-state index is 6.27. The number of para-hydroxylation sites is 4. The van der Waals surface area contributed by atoms with Crippen LogP contribution in [-0.2, 0) is 0 Å². The summed E-state index contributed by atoms with van der Waals surface area (Å²) in [5, 5.41) is 8.29. The van der Waals surface area contributed by atoms with Gasteiger partial charge in [-0.3, -0.25) is 0 Å². The smallest absolute Gasteiger partial charge is 0.135 e. The molecule has 250 valence electrons. The molecule has 4 aromatic heterocycles. The summed E-state index contributed by atoms with van der Waals surface area (Å²) in [6, 6.07) is 54.6. The van der Waals surface area contributed by atoms with Crippen molar-refractivity contribution in [3.63, 3.8) is 0 Å². The number of hydrogen-bond acceptors (Lipinski definition) is 1. The molecule has 0 bridgehead atoms. The van der Waals surface area contributed by atoms with E-state index in [4.69, 9.17) is 4.42 Å². The summed E-state index contributed by atoms with van der Waals surface area (Å²) >= 11 is 0. The summed E-state index contributed by atoms with van der Waals surface area (Å²) < 4.78 is 13.5. The van der Waals surface area contributed by atoms with E-state index < -0.39 is 0 Å². The first-order chi connectivity index (χ1) is 26.2. The van der Waals surface area contributed by atoms with Crippen molar-refractivity contribution < 1.29 is 4.42 Å². The molecule has 0 unspecified atom stereocenters. The van der Waals surface area contributed by atoms with Gasteiger partial charge in [0.1, 0.15) is 11.2 Å². The zero-order valence-electron chi connectivity index (χ0n) is 29.1. The summed E-state index contributed by atoms with van der Waals surface area (Å²) in [6.45, 7) is 6.28. The summed E-state index contributed by atoms with van der Waals surface area (Å²) in [5.74, 6) is 0. The molecule has 0 aliphatic heterocycles. The van der Waals surface area contributed by atoms with Crippen molar-refractivity contribution >= 4 is 88.6 Å². The van der Waals surface area contributed by atoms with E-state index in [1.54, 1.807) is 0 Å². The van der Waals surface area contributed by atoms with Gasteiger partial charge < -0.3 is 18.1 Å². The molecule has 0 amide bonds. The molecule has 0 radical (unpaired) electrons. The maximum atomic E-state index is 6.27. The Kier molecular flexibility index (Phi) is 6.29. The lowest BCUT2D eigenvalue weighted by Gasteiger charge is -2.15. The Balaban J connectivity index is 1.26. The van der Waals surface area contributed by atoms with Crippen LogP contribution in [0.1, 0.15) is 18.2 Å². The van der Waals surface area contributed by atoms with Gasteiger partial charge in [0.15, 0.2) is 0 Å². The zero-order valence-corrected chi connectivity index (χ0v) is 29.1. The van der Waals surface area contributed by atoms with Crippen molar-refractivity contribution in [2.75, 3.05) is 0 Å². The number of fused-ring (bicyclic) bond motifs is 11. The highest BCUT2D eigenvalue weighted by Crippen LogP contribution is 2.43. The average Bonchev–Trinajstić information content (AvgIpc) is 3.94. The lowest BCUT2D eigenvalue weighted by Crippen LogP contribution is -2.01. The highest BCUT2D eigenvalue weighted by molar-refractivity contribution is 6.24. The number of allylic oxidation sites excluding steroid dienone is 1. The monoisotopic (exact) mass is 679 g/mol. The number of aromatic nitrogens is 3. The van der Waals surface area contributed by atoms with Crippen molar-refractivity contribution in [2.45, 2.75) is 6.92 Å². The minimum atomic E-state index is 0.890. The van der Waals surface area contributed by atoms with Crippen molar-refractivity contribution in [3.8, 4) is 17.1 Å². The number of furan rings is 1.